The summed E-state index contributed by atoms with van der Waals surface area (Å²) in [4.78, 5) is 28.7. The molecule has 0 atom stereocenters. The van der Waals surface area contributed by atoms with Gasteiger partial charge in [-0.2, -0.15) is 13.2 Å². The summed E-state index contributed by atoms with van der Waals surface area (Å²) in [6.45, 7) is 4.96. The SMILES string of the molecule is C=CC(=O)Nc1cc(Nc2nccc(-c3nc(C(F)(F)F)c4ccccn34)n2)c(OC)cc1N(C)CCN(C)C. The number of nitrogens with one attached hydrogen (secondary N) is 2. The van der Waals surface area contributed by atoms with Gasteiger partial charge in [-0.15, -0.1) is 0 Å². The number of methoxy groups -OCH3 is 1. The normalized spacial score (nSPS) is 11.5. The minimum atomic E-state index is -4.64. The van der Waals surface area contributed by atoms with E-state index in [1.165, 1.54) is 42.1 Å². The molecule has 0 aliphatic carbocycles. The van der Waals surface area contributed by atoms with Crippen LogP contribution in [0.5, 0.6) is 5.75 Å². The second kappa shape index (κ2) is 11.6. The summed E-state index contributed by atoms with van der Waals surface area (Å²) in [6, 6.07) is 9.38. The van der Waals surface area contributed by atoms with Crippen LogP contribution < -0.4 is 20.3 Å². The molecule has 4 aromatic rings. The Bertz CT molecular complexity index is 1530. The molecule has 0 fully saturated rings. The Hall–Kier alpha value is -4.65. The standard InChI is InChI=1S/C27H29F3N8O2/c1-6-23(39)32-18-15-19(22(40-5)16-21(18)37(4)14-13-36(2)3)34-26-31-11-10-17(33-26)25-35-24(27(28,29)30)20-9-7-8-12-38(20)25/h6-12,15-16H,1,13-14H2,2-5H3,(H,32,39)(H,31,33,34). The molecule has 0 bridgehead atoms. The minimum absolute atomic E-state index is 0.0112. The van der Waals surface area contributed by atoms with Crippen molar-refractivity contribution in [1.82, 2.24) is 24.3 Å². The van der Waals surface area contributed by atoms with Crippen molar-refractivity contribution in [1.29, 1.82) is 0 Å². The number of alkyl halides is 3. The van der Waals surface area contributed by atoms with E-state index < -0.39 is 17.8 Å². The predicted octanol–water partition coefficient (Wildman–Crippen LogP) is 4.68. The van der Waals surface area contributed by atoms with Crippen molar-refractivity contribution in [2.75, 3.05) is 56.9 Å². The number of likely N-dealkylation sites (N-methyl/N-ethyl adjacent to an activating group) is 2. The molecule has 1 aromatic carbocycles. The lowest BCUT2D eigenvalue weighted by atomic mass is 10.2. The molecule has 10 nitrogen and oxygen atoms in total. The lowest BCUT2D eigenvalue weighted by Gasteiger charge is -2.26. The highest BCUT2D eigenvalue weighted by Crippen LogP contribution is 2.38. The molecule has 0 saturated heterocycles. The van der Waals surface area contributed by atoms with Crippen LogP contribution in [0.15, 0.2) is 61.4 Å². The Labute approximate surface area is 229 Å². The van der Waals surface area contributed by atoms with E-state index >= 15 is 0 Å². The Morgan fingerprint density at radius 3 is 2.58 bits per heavy atom. The third-order valence-corrected chi connectivity index (χ3v) is 6.00. The van der Waals surface area contributed by atoms with Crippen molar-refractivity contribution in [2.24, 2.45) is 0 Å². The van der Waals surface area contributed by atoms with Gasteiger partial charge in [0.1, 0.15) is 11.4 Å². The maximum Gasteiger partial charge on any atom is 0.435 e. The number of fused-ring (bicyclic) bond motifs is 1. The topological polar surface area (TPSA) is 99.9 Å². The fourth-order valence-corrected chi connectivity index (χ4v) is 4.00. The van der Waals surface area contributed by atoms with Gasteiger partial charge in [0.25, 0.3) is 0 Å². The van der Waals surface area contributed by atoms with E-state index in [0.29, 0.717) is 29.4 Å². The van der Waals surface area contributed by atoms with Crippen LogP contribution in [-0.4, -0.2) is 71.5 Å². The van der Waals surface area contributed by atoms with Gasteiger partial charge in [0.2, 0.25) is 11.9 Å². The van der Waals surface area contributed by atoms with Crippen LogP contribution in [0.1, 0.15) is 5.69 Å². The van der Waals surface area contributed by atoms with Crippen molar-refractivity contribution in [3.05, 3.63) is 67.1 Å². The molecule has 210 valence electrons. The van der Waals surface area contributed by atoms with E-state index in [-0.39, 0.29) is 23.0 Å². The van der Waals surface area contributed by atoms with E-state index in [0.717, 1.165) is 12.6 Å². The molecule has 0 aliphatic heterocycles. The molecule has 2 N–H and O–H groups in total. The number of carbonyl (C=O) groups is 1. The zero-order valence-electron chi connectivity index (χ0n) is 22.5. The zero-order valence-corrected chi connectivity index (χ0v) is 22.5. The number of rotatable bonds is 10. The summed E-state index contributed by atoms with van der Waals surface area (Å²) < 4.78 is 47.9. The number of pyridine rings is 1. The Morgan fingerprint density at radius 2 is 1.90 bits per heavy atom. The van der Waals surface area contributed by atoms with Crippen LogP contribution in [0.25, 0.3) is 17.0 Å². The fourth-order valence-electron chi connectivity index (χ4n) is 4.00. The number of hydrogen-bond donors (Lipinski definition) is 2. The molecule has 0 unspecified atom stereocenters. The molecule has 1 amide bonds. The number of imidazole rings is 1. The van der Waals surface area contributed by atoms with E-state index in [9.17, 15) is 18.0 Å². The highest BCUT2D eigenvalue weighted by molar-refractivity contribution is 6.02. The second-order valence-corrected chi connectivity index (χ2v) is 9.12. The number of amides is 1. The molecular weight excluding hydrogens is 525 g/mol. The van der Waals surface area contributed by atoms with Gasteiger partial charge < -0.3 is 25.2 Å². The second-order valence-electron chi connectivity index (χ2n) is 9.12. The van der Waals surface area contributed by atoms with Crippen LogP contribution in [-0.2, 0) is 11.0 Å². The molecule has 3 heterocycles. The minimum Gasteiger partial charge on any atom is -0.494 e. The van der Waals surface area contributed by atoms with Gasteiger partial charge in [0, 0.05) is 38.6 Å². The van der Waals surface area contributed by atoms with Gasteiger partial charge in [-0.25, -0.2) is 15.0 Å². The van der Waals surface area contributed by atoms with Crippen molar-refractivity contribution in [3.63, 3.8) is 0 Å². The van der Waals surface area contributed by atoms with Crippen molar-refractivity contribution in [3.8, 4) is 17.3 Å². The third-order valence-electron chi connectivity index (χ3n) is 6.00. The van der Waals surface area contributed by atoms with Crippen molar-refractivity contribution in [2.45, 2.75) is 6.18 Å². The first-order valence-corrected chi connectivity index (χ1v) is 12.2. The molecule has 13 heteroatoms. The molecule has 0 spiro atoms. The first-order valence-electron chi connectivity index (χ1n) is 12.2. The number of anilines is 4. The number of nitrogens with zero attached hydrogens (tertiary/aromatic N) is 6. The molecule has 0 saturated carbocycles. The lowest BCUT2D eigenvalue weighted by molar-refractivity contribution is -0.139. The van der Waals surface area contributed by atoms with E-state index in [2.05, 4.69) is 32.2 Å². The van der Waals surface area contributed by atoms with Gasteiger partial charge >= 0.3 is 6.18 Å². The van der Waals surface area contributed by atoms with Gasteiger partial charge in [-0.1, -0.05) is 12.6 Å². The first-order chi connectivity index (χ1) is 19.0. The average molecular weight is 555 g/mol. The zero-order chi connectivity index (χ0) is 29.0. The summed E-state index contributed by atoms with van der Waals surface area (Å²) in [5.41, 5.74) is 0.698. The number of hydrogen-bond acceptors (Lipinski definition) is 8. The Balaban J connectivity index is 1.74. The van der Waals surface area contributed by atoms with E-state index in [4.69, 9.17) is 4.74 Å². The van der Waals surface area contributed by atoms with Crippen LogP contribution in [0.3, 0.4) is 0 Å². The fraction of sp³-hybridized carbons (Fsp3) is 0.259. The quantitative estimate of drug-likeness (QED) is 0.273. The van der Waals surface area contributed by atoms with Gasteiger partial charge in [0.15, 0.2) is 11.5 Å². The number of ether oxygens (including phenoxy) is 1. The van der Waals surface area contributed by atoms with Gasteiger partial charge in [0.05, 0.1) is 29.7 Å². The summed E-state index contributed by atoms with van der Waals surface area (Å²) >= 11 is 0. The monoisotopic (exact) mass is 554 g/mol. The number of carbonyl (C=O) groups excluding carboxylic acids is 1. The van der Waals surface area contributed by atoms with Crippen LogP contribution >= 0.6 is 0 Å². The summed E-state index contributed by atoms with van der Waals surface area (Å²) in [7, 11) is 7.32. The maximum absolute atomic E-state index is 13.7. The Morgan fingerprint density at radius 1 is 1.12 bits per heavy atom. The van der Waals surface area contributed by atoms with E-state index in [1.54, 1.807) is 18.2 Å². The van der Waals surface area contributed by atoms with Crippen LogP contribution in [0.2, 0.25) is 0 Å². The molecule has 0 radical (unpaired) electrons. The maximum atomic E-state index is 13.7. The van der Waals surface area contributed by atoms with Crippen LogP contribution in [0, 0.1) is 0 Å². The number of aromatic nitrogens is 4. The van der Waals surface area contributed by atoms with Crippen molar-refractivity contribution < 1.29 is 22.7 Å². The van der Waals surface area contributed by atoms with Crippen LogP contribution in [0.4, 0.5) is 36.2 Å². The Kier molecular flexibility index (Phi) is 8.24. The predicted molar refractivity (Wildman–Crippen MR) is 148 cm³/mol. The third kappa shape index (κ3) is 6.15. The lowest BCUT2D eigenvalue weighted by Crippen LogP contribution is -2.29. The number of benzene rings is 1. The highest BCUT2D eigenvalue weighted by Gasteiger charge is 2.37. The van der Waals surface area contributed by atoms with Crippen molar-refractivity contribution >= 4 is 34.4 Å². The van der Waals surface area contributed by atoms with Gasteiger partial charge in [-0.05, 0) is 44.4 Å². The molecular formula is C27H29F3N8O2. The average Bonchev–Trinajstić information content (AvgIpc) is 3.32. The summed E-state index contributed by atoms with van der Waals surface area (Å²) in [5.74, 6) is 0.134. The molecule has 3 aromatic heterocycles. The first kappa shape index (κ1) is 28.4. The smallest absolute Gasteiger partial charge is 0.435 e. The molecule has 40 heavy (non-hydrogen) atoms. The van der Waals surface area contributed by atoms with Gasteiger partial charge in [-0.3, -0.25) is 9.20 Å². The summed E-state index contributed by atoms with van der Waals surface area (Å²) in [5, 5.41) is 5.87. The number of halogens is 3. The van der Waals surface area contributed by atoms with E-state index in [1.807, 2.05) is 30.9 Å². The highest BCUT2D eigenvalue weighted by atomic mass is 19.4. The molecule has 0 aliphatic rings. The largest absolute Gasteiger partial charge is 0.494 e. The molecule has 4 rings (SSSR count). The summed E-state index contributed by atoms with van der Waals surface area (Å²) in [6.07, 6.45) is -0.568.